The molecule has 0 bridgehead atoms. The van der Waals surface area contributed by atoms with Gasteiger partial charge in [0.2, 0.25) is 5.91 Å². The third kappa shape index (κ3) is 6.95. The molecule has 0 aliphatic carbocycles. The number of rotatable bonds is 11. The molecule has 0 saturated carbocycles. The van der Waals surface area contributed by atoms with Crippen molar-refractivity contribution in [2.24, 2.45) is 0 Å². The lowest BCUT2D eigenvalue weighted by Gasteiger charge is -2.24. The van der Waals surface area contributed by atoms with Crippen LogP contribution in [-0.4, -0.2) is 33.3 Å². The average Bonchev–Trinajstić information content (AvgIpc) is 2.96. The Kier molecular flexibility index (Phi) is 8.98. The Morgan fingerprint density at radius 2 is 1.48 bits per heavy atom. The minimum absolute atomic E-state index is 0.0414. The van der Waals surface area contributed by atoms with Gasteiger partial charge < -0.3 is 15.4 Å². The number of hydrogen-bond donors (Lipinski definition) is 2. The Bertz CT molecular complexity index is 1590. The lowest BCUT2D eigenvalue weighted by atomic mass is 10.1. The fraction of sp³-hybridized carbons (Fsp3) is 0.0968. The van der Waals surface area contributed by atoms with E-state index < -0.39 is 28.4 Å². The van der Waals surface area contributed by atoms with Gasteiger partial charge in [-0.05, 0) is 67.6 Å². The maximum absolute atomic E-state index is 13.7. The summed E-state index contributed by atoms with van der Waals surface area (Å²) in [5.41, 5.74) is 1.67. The van der Waals surface area contributed by atoms with Crippen LogP contribution in [0.15, 0.2) is 121 Å². The lowest BCUT2D eigenvalue weighted by Crippen LogP contribution is -2.38. The van der Waals surface area contributed by atoms with E-state index in [1.807, 2.05) is 37.3 Å². The second-order valence-electron chi connectivity index (χ2n) is 8.83. The molecule has 9 heteroatoms. The van der Waals surface area contributed by atoms with Crippen molar-refractivity contribution < 1.29 is 22.7 Å². The van der Waals surface area contributed by atoms with Crippen LogP contribution in [0.2, 0.25) is 0 Å². The van der Waals surface area contributed by atoms with Crippen LogP contribution in [0.5, 0.6) is 11.5 Å². The molecule has 0 aliphatic heterocycles. The van der Waals surface area contributed by atoms with Crippen molar-refractivity contribution in [1.82, 2.24) is 5.32 Å². The highest BCUT2D eigenvalue weighted by molar-refractivity contribution is 7.92. The molecular formula is C31H29N3O5S. The highest BCUT2D eigenvalue weighted by Crippen LogP contribution is 2.28. The van der Waals surface area contributed by atoms with Crippen LogP contribution in [0, 0.1) is 6.92 Å². The second-order valence-corrected chi connectivity index (χ2v) is 10.7. The number of hydrogen-bond acceptors (Lipinski definition) is 5. The van der Waals surface area contributed by atoms with Crippen LogP contribution < -0.4 is 19.7 Å². The number of benzene rings is 4. The minimum Gasteiger partial charge on any atom is -0.457 e. The zero-order chi connectivity index (χ0) is 28.5. The Labute approximate surface area is 234 Å². The second kappa shape index (κ2) is 12.8. The van der Waals surface area contributed by atoms with Gasteiger partial charge in [-0.3, -0.25) is 13.9 Å². The van der Waals surface area contributed by atoms with E-state index >= 15 is 0 Å². The van der Waals surface area contributed by atoms with Crippen LogP contribution in [0.4, 0.5) is 11.4 Å². The summed E-state index contributed by atoms with van der Waals surface area (Å²) in [6.45, 7) is 5.17. The predicted molar refractivity (Wildman–Crippen MR) is 156 cm³/mol. The number of nitrogens with zero attached hydrogens (tertiary/aromatic N) is 1. The summed E-state index contributed by atoms with van der Waals surface area (Å²) < 4.78 is 34.3. The molecule has 2 amide bonds. The lowest BCUT2D eigenvalue weighted by molar-refractivity contribution is -0.114. The fourth-order valence-corrected chi connectivity index (χ4v) is 5.25. The van der Waals surface area contributed by atoms with E-state index in [2.05, 4.69) is 17.2 Å². The topological polar surface area (TPSA) is 105 Å². The molecular weight excluding hydrogens is 526 g/mol. The molecule has 2 N–H and O–H groups in total. The zero-order valence-electron chi connectivity index (χ0n) is 21.9. The Morgan fingerprint density at radius 1 is 0.850 bits per heavy atom. The number of sulfonamides is 1. The van der Waals surface area contributed by atoms with Crippen molar-refractivity contribution in [3.63, 3.8) is 0 Å². The minimum atomic E-state index is -4.13. The van der Waals surface area contributed by atoms with E-state index in [1.165, 1.54) is 12.1 Å². The first-order valence-corrected chi connectivity index (χ1v) is 13.9. The molecule has 0 fully saturated rings. The van der Waals surface area contributed by atoms with Gasteiger partial charge in [0.25, 0.3) is 15.9 Å². The highest BCUT2D eigenvalue weighted by atomic mass is 32.2. The summed E-state index contributed by atoms with van der Waals surface area (Å²) in [6, 6.07) is 28.5. The molecule has 0 aromatic heterocycles. The molecule has 0 spiro atoms. The molecule has 0 saturated heterocycles. The average molecular weight is 556 g/mol. The SMILES string of the molecule is C=CCNC(=O)c1ccccc1NC(=O)CN(c1ccc(Oc2ccccc2)cc1)S(=O)(=O)c1ccc(C)cc1. The van der Waals surface area contributed by atoms with E-state index in [0.717, 1.165) is 9.87 Å². The summed E-state index contributed by atoms with van der Waals surface area (Å²) in [5.74, 6) is 0.124. The third-order valence-corrected chi connectivity index (χ3v) is 7.64. The van der Waals surface area contributed by atoms with Crippen LogP contribution in [0.25, 0.3) is 0 Å². The van der Waals surface area contributed by atoms with Crippen LogP contribution >= 0.6 is 0 Å². The van der Waals surface area contributed by atoms with Gasteiger partial charge in [-0.1, -0.05) is 54.1 Å². The first kappa shape index (κ1) is 28.1. The number of carbonyl (C=O) groups is 2. The van der Waals surface area contributed by atoms with E-state index in [4.69, 9.17) is 4.74 Å². The molecule has 0 heterocycles. The van der Waals surface area contributed by atoms with Crippen molar-refractivity contribution in [3.8, 4) is 11.5 Å². The molecule has 4 aromatic carbocycles. The molecule has 40 heavy (non-hydrogen) atoms. The molecule has 204 valence electrons. The summed E-state index contributed by atoms with van der Waals surface area (Å²) in [7, 11) is -4.13. The number of ether oxygens (including phenoxy) is 1. The Balaban J connectivity index is 1.62. The molecule has 4 aromatic rings. The van der Waals surface area contributed by atoms with Crippen molar-refractivity contribution in [2.75, 3.05) is 22.7 Å². The van der Waals surface area contributed by atoms with Crippen molar-refractivity contribution in [2.45, 2.75) is 11.8 Å². The molecule has 0 unspecified atom stereocenters. The van der Waals surface area contributed by atoms with Gasteiger partial charge in [-0.2, -0.15) is 0 Å². The van der Waals surface area contributed by atoms with E-state index in [0.29, 0.717) is 11.5 Å². The smallest absolute Gasteiger partial charge is 0.264 e. The van der Waals surface area contributed by atoms with Gasteiger partial charge in [-0.25, -0.2) is 8.42 Å². The normalized spacial score (nSPS) is 10.8. The summed E-state index contributed by atoms with van der Waals surface area (Å²) in [5, 5.41) is 5.36. The maximum atomic E-state index is 13.7. The maximum Gasteiger partial charge on any atom is 0.264 e. The standard InChI is InChI=1S/C31H29N3O5S/c1-3-21-32-31(36)28-11-7-8-12-29(28)33-30(35)22-34(40(37,38)27-19-13-23(2)14-20-27)24-15-17-26(18-16-24)39-25-9-5-4-6-10-25/h3-20H,1,21-22H2,2H3,(H,32,36)(H,33,35). The van der Waals surface area contributed by atoms with E-state index in [1.54, 1.807) is 66.7 Å². The predicted octanol–water partition coefficient (Wildman–Crippen LogP) is 5.54. The molecule has 0 aliphatic rings. The number of amides is 2. The van der Waals surface area contributed by atoms with Crippen LogP contribution in [0.3, 0.4) is 0 Å². The van der Waals surface area contributed by atoms with E-state index in [9.17, 15) is 18.0 Å². The summed E-state index contributed by atoms with van der Waals surface area (Å²) in [4.78, 5) is 25.8. The quantitative estimate of drug-likeness (QED) is 0.237. The Morgan fingerprint density at radius 3 is 2.15 bits per heavy atom. The largest absolute Gasteiger partial charge is 0.457 e. The zero-order valence-corrected chi connectivity index (χ0v) is 22.7. The fourth-order valence-electron chi connectivity index (χ4n) is 3.83. The first-order valence-electron chi connectivity index (χ1n) is 12.5. The van der Waals surface area contributed by atoms with Crippen LogP contribution in [-0.2, 0) is 14.8 Å². The van der Waals surface area contributed by atoms with Gasteiger partial charge in [0.05, 0.1) is 21.8 Å². The van der Waals surface area contributed by atoms with Gasteiger partial charge >= 0.3 is 0 Å². The van der Waals surface area contributed by atoms with E-state index in [-0.39, 0.29) is 28.4 Å². The number of carbonyl (C=O) groups excluding carboxylic acids is 2. The first-order chi connectivity index (χ1) is 19.3. The molecule has 8 nitrogen and oxygen atoms in total. The van der Waals surface area contributed by atoms with Gasteiger partial charge in [-0.15, -0.1) is 6.58 Å². The number of para-hydroxylation sites is 2. The van der Waals surface area contributed by atoms with Gasteiger partial charge in [0.1, 0.15) is 18.0 Å². The number of anilines is 2. The summed E-state index contributed by atoms with van der Waals surface area (Å²) >= 11 is 0. The number of nitrogens with one attached hydrogen (secondary N) is 2. The van der Waals surface area contributed by atoms with Gasteiger partial charge in [0.15, 0.2) is 0 Å². The third-order valence-electron chi connectivity index (χ3n) is 5.85. The number of aryl methyl sites for hydroxylation is 1. The Hall–Kier alpha value is -4.89. The van der Waals surface area contributed by atoms with Gasteiger partial charge in [0, 0.05) is 6.54 Å². The van der Waals surface area contributed by atoms with Crippen molar-refractivity contribution >= 4 is 33.2 Å². The van der Waals surface area contributed by atoms with Crippen molar-refractivity contribution in [3.05, 3.63) is 127 Å². The van der Waals surface area contributed by atoms with Crippen molar-refractivity contribution in [1.29, 1.82) is 0 Å². The van der Waals surface area contributed by atoms with Crippen LogP contribution in [0.1, 0.15) is 15.9 Å². The highest BCUT2D eigenvalue weighted by Gasteiger charge is 2.28. The molecule has 0 atom stereocenters. The molecule has 4 rings (SSSR count). The monoisotopic (exact) mass is 555 g/mol. The summed E-state index contributed by atoms with van der Waals surface area (Å²) in [6.07, 6.45) is 1.54. The molecule has 0 radical (unpaired) electrons.